The predicted molar refractivity (Wildman–Crippen MR) is 167 cm³/mol. The molecule has 1 saturated carbocycles. The number of benzene rings is 1. The summed E-state index contributed by atoms with van der Waals surface area (Å²) in [6.45, 7) is 6.27. The zero-order valence-electron chi connectivity index (χ0n) is 26.7. The van der Waals surface area contributed by atoms with Gasteiger partial charge >= 0.3 is 12.2 Å². The molecule has 1 saturated heterocycles. The first-order chi connectivity index (χ1) is 21.5. The van der Waals surface area contributed by atoms with Gasteiger partial charge in [0.15, 0.2) is 0 Å². The van der Waals surface area contributed by atoms with E-state index in [1.807, 2.05) is 30.3 Å². The first-order valence-electron chi connectivity index (χ1n) is 16.1. The lowest BCUT2D eigenvalue weighted by Crippen LogP contribution is -2.58. The number of aromatic nitrogens is 2. The summed E-state index contributed by atoms with van der Waals surface area (Å²) >= 11 is 0. The molecule has 12 nitrogen and oxygen atoms in total. The normalized spacial score (nSPS) is 19.5. The maximum absolute atomic E-state index is 13.9. The van der Waals surface area contributed by atoms with Crippen molar-refractivity contribution in [2.75, 3.05) is 6.54 Å². The highest BCUT2D eigenvalue weighted by Crippen LogP contribution is 2.30. The standard InChI is InChI=1S/C33H49N5O7/c1-33(2,3)45-31(41)36-27(18-25-19-37(21-34-25)22-44-20-24-13-8-5-9-14-24)30(40)35-26(17-23-11-6-4-7-12-23)29(39)28-15-10-16-38(28)32(42)43/h5,8-9,13-14,19,21,23,26-29,39H,4,6-7,10-12,15-18,20,22H2,1-3H3,(H,35,40)(H,36,41)(H,42,43). The number of hydrogen-bond acceptors (Lipinski definition) is 7. The highest BCUT2D eigenvalue weighted by Gasteiger charge is 2.40. The first kappa shape index (κ1) is 34.2. The average Bonchev–Trinajstić information content (AvgIpc) is 3.66. The van der Waals surface area contributed by atoms with E-state index in [1.165, 1.54) is 4.90 Å². The summed E-state index contributed by atoms with van der Waals surface area (Å²) in [4.78, 5) is 44.3. The number of carbonyl (C=O) groups excluding carboxylic acids is 2. The van der Waals surface area contributed by atoms with Crippen LogP contribution in [0.25, 0.3) is 0 Å². The number of hydrogen-bond donors (Lipinski definition) is 4. The van der Waals surface area contributed by atoms with Crippen LogP contribution in [0.4, 0.5) is 9.59 Å². The Hall–Kier alpha value is -3.64. The van der Waals surface area contributed by atoms with Crippen LogP contribution in [0.2, 0.25) is 0 Å². The first-order valence-corrected chi connectivity index (χ1v) is 16.1. The van der Waals surface area contributed by atoms with E-state index in [0.717, 1.165) is 37.7 Å². The molecule has 2 aromatic rings. The number of rotatable bonds is 13. The second-order valence-electron chi connectivity index (χ2n) is 13.3. The number of amides is 3. The van der Waals surface area contributed by atoms with Gasteiger partial charge in [0.05, 0.1) is 36.8 Å². The number of likely N-dealkylation sites (tertiary alicyclic amines) is 1. The molecule has 4 N–H and O–H groups in total. The Morgan fingerprint density at radius 2 is 1.78 bits per heavy atom. The van der Waals surface area contributed by atoms with Crippen molar-refractivity contribution in [3.05, 3.63) is 54.1 Å². The summed E-state index contributed by atoms with van der Waals surface area (Å²) in [5.74, 6) is -0.183. The topological polar surface area (TPSA) is 155 Å². The lowest BCUT2D eigenvalue weighted by atomic mass is 9.82. The third-order valence-corrected chi connectivity index (χ3v) is 8.45. The number of aliphatic hydroxyl groups excluding tert-OH is 1. The Morgan fingerprint density at radius 1 is 1.04 bits per heavy atom. The van der Waals surface area contributed by atoms with E-state index >= 15 is 0 Å². The third kappa shape index (κ3) is 10.7. The van der Waals surface area contributed by atoms with Crippen LogP contribution in [0.3, 0.4) is 0 Å². The fourth-order valence-electron chi connectivity index (χ4n) is 6.30. The fraction of sp³-hybridized carbons (Fsp3) is 0.636. The van der Waals surface area contributed by atoms with Gasteiger partial charge in [-0.2, -0.15) is 0 Å². The van der Waals surface area contributed by atoms with Crippen molar-refractivity contribution in [1.29, 1.82) is 0 Å². The van der Waals surface area contributed by atoms with Gasteiger partial charge in [-0.25, -0.2) is 14.6 Å². The lowest BCUT2D eigenvalue weighted by molar-refractivity contribution is -0.125. The highest BCUT2D eigenvalue weighted by atomic mass is 16.6. The molecule has 12 heteroatoms. The molecule has 2 fully saturated rings. The molecule has 3 amide bonds. The lowest BCUT2D eigenvalue weighted by Gasteiger charge is -2.36. The summed E-state index contributed by atoms with van der Waals surface area (Å²) < 4.78 is 13.0. The van der Waals surface area contributed by atoms with Crippen molar-refractivity contribution in [3.63, 3.8) is 0 Å². The largest absolute Gasteiger partial charge is 0.465 e. The van der Waals surface area contributed by atoms with Gasteiger partial charge in [-0.15, -0.1) is 0 Å². The predicted octanol–water partition coefficient (Wildman–Crippen LogP) is 4.45. The van der Waals surface area contributed by atoms with E-state index < -0.39 is 47.9 Å². The van der Waals surface area contributed by atoms with Gasteiger partial charge in [0.1, 0.15) is 18.4 Å². The van der Waals surface area contributed by atoms with Crippen molar-refractivity contribution in [2.45, 2.75) is 122 Å². The van der Waals surface area contributed by atoms with E-state index in [1.54, 1.807) is 37.9 Å². The Kier molecular flexibility index (Phi) is 12.2. The Labute approximate surface area is 265 Å². The maximum Gasteiger partial charge on any atom is 0.408 e. The zero-order chi connectivity index (χ0) is 32.4. The van der Waals surface area contributed by atoms with Gasteiger partial charge in [0, 0.05) is 19.2 Å². The molecule has 4 unspecified atom stereocenters. The molecule has 1 aliphatic heterocycles. The van der Waals surface area contributed by atoms with E-state index in [0.29, 0.717) is 44.0 Å². The molecule has 2 aliphatic rings. The van der Waals surface area contributed by atoms with Gasteiger partial charge in [0.25, 0.3) is 0 Å². The molecule has 1 aliphatic carbocycles. The summed E-state index contributed by atoms with van der Waals surface area (Å²) in [5.41, 5.74) is 0.836. The summed E-state index contributed by atoms with van der Waals surface area (Å²) in [6, 6.07) is 7.47. The quantitative estimate of drug-likeness (QED) is 0.254. The summed E-state index contributed by atoms with van der Waals surface area (Å²) in [7, 11) is 0. The van der Waals surface area contributed by atoms with Gasteiger partial charge in [-0.1, -0.05) is 62.4 Å². The Balaban J connectivity index is 1.47. The summed E-state index contributed by atoms with van der Waals surface area (Å²) in [6.07, 6.45) is 7.58. The molecule has 0 bridgehead atoms. The monoisotopic (exact) mass is 627 g/mol. The molecular weight excluding hydrogens is 578 g/mol. The minimum Gasteiger partial charge on any atom is -0.465 e. The molecule has 4 atom stereocenters. The molecule has 0 radical (unpaired) electrons. The molecule has 1 aromatic heterocycles. The number of nitrogens with zero attached hydrogens (tertiary/aromatic N) is 3. The zero-order valence-corrected chi connectivity index (χ0v) is 26.7. The van der Waals surface area contributed by atoms with Crippen molar-refractivity contribution in [2.24, 2.45) is 5.92 Å². The molecule has 248 valence electrons. The van der Waals surface area contributed by atoms with E-state index in [2.05, 4.69) is 15.6 Å². The molecule has 45 heavy (non-hydrogen) atoms. The van der Waals surface area contributed by atoms with Crippen LogP contribution in [0.15, 0.2) is 42.9 Å². The van der Waals surface area contributed by atoms with E-state index in [9.17, 15) is 24.6 Å². The number of nitrogens with one attached hydrogen (secondary N) is 2. The van der Waals surface area contributed by atoms with Gasteiger partial charge in [-0.3, -0.25) is 4.79 Å². The second-order valence-corrected chi connectivity index (χ2v) is 13.3. The van der Waals surface area contributed by atoms with Crippen molar-refractivity contribution in [1.82, 2.24) is 25.1 Å². The number of ether oxygens (including phenoxy) is 2. The van der Waals surface area contributed by atoms with Gasteiger partial charge < -0.3 is 39.8 Å². The van der Waals surface area contributed by atoms with Crippen LogP contribution in [-0.2, 0) is 34.0 Å². The van der Waals surface area contributed by atoms with Crippen molar-refractivity contribution < 1.29 is 34.1 Å². The van der Waals surface area contributed by atoms with Crippen LogP contribution in [-0.4, -0.2) is 79.1 Å². The maximum atomic E-state index is 13.9. The van der Waals surface area contributed by atoms with Crippen LogP contribution >= 0.6 is 0 Å². The van der Waals surface area contributed by atoms with Gasteiger partial charge in [0.2, 0.25) is 5.91 Å². The minimum atomic E-state index is -1.09. The van der Waals surface area contributed by atoms with E-state index in [-0.39, 0.29) is 13.2 Å². The second kappa shape index (κ2) is 16.1. The molecule has 1 aromatic carbocycles. The molecule has 4 rings (SSSR count). The van der Waals surface area contributed by atoms with Crippen LogP contribution in [0, 0.1) is 5.92 Å². The number of carbonyl (C=O) groups is 3. The Morgan fingerprint density at radius 3 is 2.47 bits per heavy atom. The Bertz CT molecular complexity index is 1240. The average molecular weight is 628 g/mol. The van der Waals surface area contributed by atoms with Crippen LogP contribution in [0.1, 0.15) is 83.4 Å². The van der Waals surface area contributed by atoms with Crippen molar-refractivity contribution in [3.8, 4) is 0 Å². The smallest absolute Gasteiger partial charge is 0.408 e. The molecular formula is C33H49N5O7. The number of aliphatic hydroxyl groups is 1. The molecule has 2 heterocycles. The number of alkyl carbamates (subject to hydrolysis) is 1. The third-order valence-electron chi connectivity index (χ3n) is 8.45. The SMILES string of the molecule is CC(C)(C)OC(=O)NC(Cc1cn(COCc2ccccc2)cn1)C(=O)NC(CC1CCCCC1)C(O)C1CCCN1C(=O)O. The molecule has 0 spiro atoms. The van der Waals surface area contributed by atoms with Crippen LogP contribution < -0.4 is 10.6 Å². The number of imidazole rings is 1. The highest BCUT2D eigenvalue weighted by molar-refractivity contribution is 5.86. The number of carboxylic acid groups (broad SMARTS) is 1. The minimum absolute atomic E-state index is 0.0771. The van der Waals surface area contributed by atoms with Crippen LogP contribution in [0.5, 0.6) is 0 Å². The van der Waals surface area contributed by atoms with Gasteiger partial charge in [-0.05, 0) is 51.5 Å². The summed E-state index contributed by atoms with van der Waals surface area (Å²) in [5, 5.41) is 27.0. The fourth-order valence-corrected chi connectivity index (χ4v) is 6.30. The van der Waals surface area contributed by atoms with Crippen molar-refractivity contribution >= 4 is 18.1 Å². The van der Waals surface area contributed by atoms with E-state index in [4.69, 9.17) is 9.47 Å².